The second kappa shape index (κ2) is 6.30. The lowest BCUT2D eigenvalue weighted by atomic mass is 10.2. The van der Waals surface area contributed by atoms with Gasteiger partial charge in [0.1, 0.15) is 0 Å². The first-order valence-corrected chi connectivity index (χ1v) is 4.52. The molecule has 0 saturated carbocycles. The highest BCUT2D eigenvalue weighted by atomic mass is 14.9. The van der Waals surface area contributed by atoms with Crippen LogP contribution in [0, 0.1) is 0 Å². The third-order valence-electron chi connectivity index (χ3n) is 1.46. The zero-order valence-electron chi connectivity index (χ0n) is 8.85. The van der Waals surface area contributed by atoms with Crippen LogP contribution >= 0.6 is 0 Å². The number of hydrogen-bond acceptors (Lipinski definition) is 1. The zero-order chi connectivity index (χ0) is 10.3. The Morgan fingerprint density at radius 3 is 2.31 bits per heavy atom. The van der Waals surface area contributed by atoms with Gasteiger partial charge in [0, 0.05) is 12.2 Å². The molecule has 0 aliphatic heterocycles. The maximum absolute atomic E-state index is 3.82. The van der Waals surface area contributed by atoms with Crippen molar-refractivity contribution in [1.82, 2.24) is 5.32 Å². The SMILES string of the molecule is C=C/C(=C\C(C)=C\C(=C)C)NCC. The van der Waals surface area contributed by atoms with E-state index in [9.17, 15) is 0 Å². The maximum Gasteiger partial charge on any atom is 0.0336 e. The van der Waals surface area contributed by atoms with Crippen LogP contribution in [-0.2, 0) is 0 Å². The van der Waals surface area contributed by atoms with E-state index in [4.69, 9.17) is 0 Å². The second-order valence-electron chi connectivity index (χ2n) is 3.07. The fraction of sp³-hybridized carbons (Fsp3) is 0.333. The summed E-state index contributed by atoms with van der Waals surface area (Å²) in [6, 6.07) is 0. The smallest absolute Gasteiger partial charge is 0.0336 e. The molecule has 0 unspecified atom stereocenters. The fourth-order valence-electron chi connectivity index (χ4n) is 1.06. The van der Waals surface area contributed by atoms with Gasteiger partial charge in [0.25, 0.3) is 0 Å². The topological polar surface area (TPSA) is 12.0 Å². The van der Waals surface area contributed by atoms with Crippen LogP contribution < -0.4 is 5.32 Å². The summed E-state index contributed by atoms with van der Waals surface area (Å²) in [4.78, 5) is 0. The van der Waals surface area contributed by atoms with E-state index in [1.807, 2.05) is 19.1 Å². The van der Waals surface area contributed by atoms with Gasteiger partial charge in [0.15, 0.2) is 0 Å². The monoisotopic (exact) mass is 177 g/mol. The molecule has 0 aromatic rings. The van der Waals surface area contributed by atoms with E-state index in [0.717, 1.165) is 17.8 Å². The third kappa shape index (κ3) is 5.97. The molecule has 0 heterocycles. The summed E-state index contributed by atoms with van der Waals surface area (Å²) in [6.45, 7) is 14.6. The number of nitrogens with one attached hydrogen (secondary N) is 1. The van der Waals surface area contributed by atoms with Crippen molar-refractivity contribution in [2.24, 2.45) is 0 Å². The molecule has 1 heteroatoms. The number of hydrogen-bond donors (Lipinski definition) is 1. The quantitative estimate of drug-likeness (QED) is 0.636. The lowest BCUT2D eigenvalue weighted by Gasteiger charge is -2.03. The molecule has 1 N–H and O–H groups in total. The molecular formula is C12H19N. The zero-order valence-corrected chi connectivity index (χ0v) is 8.85. The lowest BCUT2D eigenvalue weighted by molar-refractivity contribution is 0.878. The Balaban J connectivity index is 4.49. The van der Waals surface area contributed by atoms with Crippen LogP contribution in [0.25, 0.3) is 0 Å². The van der Waals surface area contributed by atoms with Crippen molar-refractivity contribution >= 4 is 0 Å². The molecule has 0 spiro atoms. The predicted octanol–water partition coefficient (Wildman–Crippen LogP) is 3.19. The van der Waals surface area contributed by atoms with Crippen molar-refractivity contribution in [3.8, 4) is 0 Å². The van der Waals surface area contributed by atoms with Crippen LogP contribution in [-0.4, -0.2) is 6.54 Å². The van der Waals surface area contributed by atoms with Crippen LogP contribution in [0.3, 0.4) is 0 Å². The summed E-state index contributed by atoms with van der Waals surface area (Å²) in [7, 11) is 0. The number of allylic oxidation sites excluding steroid dienone is 5. The minimum absolute atomic E-state index is 0.915. The summed E-state index contributed by atoms with van der Waals surface area (Å²) >= 11 is 0. The number of rotatable bonds is 5. The van der Waals surface area contributed by atoms with Crippen molar-refractivity contribution in [1.29, 1.82) is 0 Å². The van der Waals surface area contributed by atoms with Crippen LogP contribution in [0.1, 0.15) is 20.8 Å². The molecule has 0 radical (unpaired) electrons. The molecule has 0 fully saturated rings. The first-order chi connectivity index (χ1) is 6.10. The van der Waals surface area contributed by atoms with Crippen molar-refractivity contribution in [3.63, 3.8) is 0 Å². The van der Waals surface area contributed by atoms with Crippen molar-refractivity contribution in [2.75, 3.05) is 6.54 Å². The summed E-state index contributed by atoms with van der Waals surface area (Å²) in [5.74, 6) is 0. The molecule has 0 aromatic carbocycles. The van der Waals surface area contributed by atoms with Gasteiger partial charge in [-0.25, -0.2) is 0 Å². The highest BCUT2D eigenvalue weighted by Gasteiger charge is 1.89. The van der Waals surface area contributed by atoms with Gasteiger partial charge >= 0.3 is 0 Å². The molecule has 0 saturated heterocycles. The molecule has 72 valence electrons. The first kappa shape index (κ1) is 11.8. The first-order valence-electron chi connectivity index (χ1n) is 4.52. The van der Waals surface area contributed by atoms with Gasteiger partial charge in [0.2, 0.25) is 0 Å². The molecule has 0 bridgehead atoms. The van der Waals surface area contributed by atoms with Crippen molar-refractivity contribution in [3.05, 3.63) is 48.2 Å². The van der Waals surface area contributed by atoms with E-state index in [1.54, 1.807) is 0 Å². The molecule has 13 heavy (non-hydrogen) atoms. The molecule has 0 aliphatic carbocycles. The Morgan fingerprint density at radius 1 is 1.31 bits per heavy atom. The van der Waals surface area contributed by atoms with E-state index >= 15 is 0 Å². The van der Waals surface area contributed by atoms with Gasteiger partial charge < -0.3 is 5.32 Å². The second-order valence-corrected chi connectivity index (χ2v) is 3.07. The minimum atomic E-state index is 0.915. The predicted molar refractivity (Wildman–Crippen MR) is 60.5 cm³/mol. The summed E-state index contributed by atoms with van der Waals surface area (Å²) in [5, 5.41) is 3.21. The molecular weight excluding hydrogens is 158 g/mol. The number of likely N-dealkylation sites (N-methyl/N-ethyl adjacent to an activating group) is 1. The fourth-order valence-corrected chi connectivity index (χ4v) is 1.06. The highest BCUT2D eigenvalue weighted by molar-refractivity contribution is 5.31. The van der Waals surface area contributed by atoms with Gasteiger partial charge in [-0.05, 0) is 38.5 Å². The Morgan fingerprint density at radius 2 is 1.92 bits per heavy atom. The van der Waals surface area contributed by atoms with E-state index < -0.39 is 0 Å². The molecule has 0 aromatic heterocycles. The summed E-state index contributed by atoms with van der Waals surface area (Å²) < 4.78 is 0. The van der Waals surface area contributed by atoms with Crippen LogP contribution in [0.15, 0.2) is 48.2 Å². The summed E-state index contributed by atoms with van der Waals surface area (Å²) in [6.07, 6.45) is 5.92. The maximum atomic E-state index is 3.82. The average Bonchev–Trinajstić information content (AvgIpc) is 2.02. The molecule has 1 nitrogen and oxygen atoms in total. The van der Waals surface area contributed by atoms with Gasteiger partial charge in [-0.1, -0.05) is 24.8 Å². The van der Waals surface area contributed by atoms with E-state index in [0.29, 0.717) is 0 Å². The van der Waals surface area contributed by atoms with Gasteiger partial charge in [0.05, 0.1) is 0 Å². The van der Waals surface area contributed by atoms with E-state index in [-0.39, 0.29) is 0 Å². The largest absolute Gasteiger partial charge is 0.385 e. The third-order valence-corrected chi connectivity index (χ3v) is 1.46. The van der Waals surface area contributed by atoms with Gasteiger partial charge in [-0.2, -0.15) is 0 Å². The summed E-state index contributed by atoms with van der Waals surface area (Å²) in [5.41, 5.74) is 3.30. The Labute approximate surface area is 81.5 Å². The van der Waals surface area contributed by atoms with Crippen LogP contribution in [0.2, 0.25) is 0 Å². The molecule has 0 atom stereocenters. The molecule has 0 aliphatic rings. The molecule has 0 amide bonds. The highest BCUT2D eigenvalue weighted by Crippen LogP contribution is 2.03. The van der Waals surface area contributed by atoms with Gasteiger partial charge in [-0.15, -0.1) is 0 Å². The van der Waals surface area contributed by atoms with Gasteiger partial charge in [-0.3, -0.25) is 0 Å². The minimum Gasteiger partial charge on any atom is -0.385 e. The van der Waals surface area contributed by atoms with Crippen LogP contribution in [0.5, 0.6) is 0 Å². The van der Waals surface area contributed by atoms with E-state index in [2.05, 4.69) is 38.4 Å². The van der Waals surface area contributed by atoms with E-state index in [1.165, 1.54) is 5.57 Å². The van der Waals surface area contributed by atoms with Crippen molar-refractivity contribution < 1.29 is 0 Å². The van der Waals surface area contributed by atoms with Crippen molar-refractivity contribution in [2.45, 2.75) is 20.8 Å². The Bertz CT molecular complexity index is 244. The molecule has 0 rings (SSSR count). The lowest BCUT2D eigenvalue weighted by Crippen LogP contribution is -2.09. The normalized spacial score (nSPS) is 12.5. The Hall–Kier alpha value is -1.24. The average molecular weight is 177 g/mol. The standard InChI is InChI=1S/C12H19N/c1-6-12(13-7-2)9-11(5)8-10(3)4/h6,8-9,13H,1,3,7H2,2,4-5H3/b11-8+,12-9+. The Kier molecular flexibility index (Phi) is 5.69. The van der Waals surface area contributed by atoms with Crippen LogP contribution in [0.4, 0.5) is 0 Å².